The molecule has 1 aromatic heterocycles. The number of hydrogen-bond donors (Lipinski definition) is 1. The van der Waals surface area contributed by atoms with Crippen molar-refractivity contribution in [1.82, 2.24) is 4.57 Å². The Morgan fingerprint density at radius 3 is 2.43 bits per heavy atom. The molecule has 2 aromatic rings. The van der Waals surface area contributed by atoms with E-state index < -0.39 is 5.97 Å². The first kappa shape index (κ1) is 15.8. The molecule has 0 radical (unpaired) electrons. The fourth-order valence-electron chi connectivity index (χ4n) is 2.42. The second kappa shape index (κ2) is 6.94. The Morgan fingerprint density at radius 2 is 1.86 bits per heavy atom. The molecule has 112 valence electrons. The first-order valence-electron chi connectivity index (χ1n) is 7.13. The van der Waals surface area contributed by atoms with E-state index in [9.17, 15) is 4.79 Å². The first-order chi connectivity index (χ1) is 9.97. The molecule has 0 saturated carbocycles. The van der Waals surface area contributed by atoms with Crippen molar-refractivity contribution < 1.29 is 9.90 Å². The lowest BCUT2D eigenvalue weighted by Crippen LogP contribution is -2.10. The van der Waals surface area contributed by atoms with Crippen molar-refractivity contribution in [2.75, 3.05) is 0 Å². The van der Waals surface area contributed by atoms with Gasteiger partial charge in [-0.15, -0.1) is 0 Å². The molecule has 3 nitrogen and oxygen atoms in total. The van der Waals surface area contributed by atoms with Crippen LogP contribution in [0.1, 0.15) is 26.0 Å². The molecule has 0 amide bonds. The van der Waals surface area contributed by atoms with Crippen LogP contribution in [-0.4, -0.2) is 15.6 Å². The topological polar surface area (TPSA) is 42.2 Å². The highest BCUT2D eigenvalue weighted by molar-refractivity contribution is 9.10. The summed E-state index contributed by atoms with van der Waals surface area (Å²) in [5, 5.41) is 8.89. The van der Waals surface area contributed by atoms with E-state index in [1.165, 1.54) is 0 Å². The summed E-state index contributed by atoms with van der Waals surface area (Å²) in [5.74, 6) is -0.243. The first-order valence-corrected chi connectivity index (χ1v) is 7.93. The number of benzene rings is 1. The maximum Gasteiger partial charge on any atom is 0.303 e. The Bertz CT molecular complexity index is 614. The minimum absolute atomic E-state index is 0.169. The highest BCUT2D eigenvalue weighted by Crippen LogP contribution is 2.26. The second-order valence-corrected chi connectivity index (χ2v) is 6.53. The van der Waals surface area contributed by atoms with E-state index in [0.29, 0.717) is 12.3 Å². The molecular formula is C17H20BrNO2. The second-order valence-electron chi connectivity index (χ2n) is 5.61. The zero-order chi connectivity index (χ0) is 15.4. The summed E-state index contributed by atoms with van der Waals surface area (Å²) in [6.07, 6.45) is 0.737. The van der Waals surface area contributed by atoms with Crippen LogP contribution >= 0.6 is 15.9 Å². The Morgan fingerprint density at radius 1 is 1.19 bits per heavy atom. The molecule has 0 atom stereocenters. The molecule has 0 aliphatic carbocycles. The molecule has 0 spiro atoms. The zero-order valence-electron chi connectivity index (χ0n) is 12.3. The number of aliphatic carboxylic acids is 1. The van der Waals surface area contributed by atoms with E-state index in [4.69, 9.17) is 5.11 Å². The Labute approximate surface area is 133 Å². The number of nitrogens with zero attached hydrogens (tertiary/aromatic N) is 1. The van der Waals surface area contributed by atoms with Crippen molar-refractivity contribution in [3.05, 3.63) is 46.6 Å². The normalized spacial score (nSPS) is 11.0. The van der Waals surface area contributed by atoms with Crippen LogP contribution in [0.2, 0.25) is 0 Å². The van der Waals surface area contributed by atoms with Crippen LogP contribution in [-0.2, 0) is 17.8 Å². The van der Waals surface area contributed by atoms with Crippen LogP contribution in [0, 0.1) is 5.92 Å². The fraction of sp³-hybridized carbons (Fsp3) is 0.353. The number of rotatable bonds is 6. The molecule has 0 fully saturated rings. The van der Waals surface area contributed by atoms with Crippen LogP contribution in [0.25, 0.3) is 11.3 Å². The van der Waals surface area contributed by atoms with Gasteiger partial charge in [0.05, 0.1) is 6.42 Å². The van der Waals surface area contributed by atoms with Gasteiger partial charge in [-0.3, -0.25) is 4.79 Å². The smallest absolute Gasteiger partial charge is 0.303 e. The number of carboxylic acids is 1. The summed E-state index contributed by atoms with van der Waals surface area (Å²) in [5.41, 5.74) is 3.39. The van der Waals surface area contributed by atoms with E-state index in [2.05, 4.69) is 52.5 Å². The lowest BCUT2D eigenvalue weighted by molar-refractivity contribution is -0.136. The lowest BCUT2D eigenvalue weighted by Gasteiger charge is -2.16. The molecule has 0 saturated heterocycles. The van der Waals surface area contributed by atoms with Crippen LogP contribution < -0.4 is 0 Å². The standard InChI is InChI=1S/C17H20BrNO2/c1-12(2)11-19-15(8-10-17(20)21)7-9-16(19)13-3-5-14(18)6-4-13/h3-7,9,12H,8,10-11H2,1-2H3,(H,20,21). The molecule has 1 aromatic carbocycles. The molecule has 0 aliphatic rings. The highest BCUT2D eigenvalue weighted by Gasteiger charge is 2.12. The Balaban J connectivity index is 2.35. The number of halogens is 1. The largest absolute Gasteiger partial charge is 0.481 e. The van der Waals surface area contributed by atoms with Gasteiger partial charge in [-0.1, -0.05) is 41.9 Å². The minimum atomic E-state index is -0.752. The van der Waals surface area contributed by atoms with E-state index in [1.54, 1.807) is 0 Å². The average Bonchev–Trinajstić information content (AvgIpc) is 2.79. The molecule has 2 rings (SSSR count). The van der Waals surface area contributed by atoms with Gasteiger partial charge in [0.1, 0.15) is 0 Å². The summed E-state index contributed by atoms with van der Waals surface area (Å²) in [6, 6.07) is 12.3. The van der Waals surface area contributed by atoms with Gasteiger partial charge in [-0.2, -0.15) is 0 Å². The van der Waals surface area contributed by atoms with Crippen molar-refractivity contribution in [2.24, 2.45) is 5.92 Å². The molecule has 0 bridgehead atoms. The third kappa shape index (κ3) is 4.21. The zero-order valence-corrected chi connectivity index (χ0v) is 13.9. The SMILES string of the molecule is CC(C)Cn1c(CCC(=O)O)ccc1-c1ccc(Br)cc1. The van der Waals surface area contributed by atoms with Gasteiger partial charge in [0, 0.05) is 22.4 Å². The molecular weight excluding hydrogens is 330 g/mol. The molecule has 4 heteroatoms. The van der Waals surface area contributed by atoms with Gasteiger partial charge in [0.2, 0.25) is 0 Å². The number of aromatic nitrogens is 1. The average molecular weight is 350 g/mol. The maximum atomic E-state index is 10.8. The van der Waals surface area contributed by atoms with Crippen molar-refractivity contribution in [3.63, 3.8) is 0 Å². The number of carbonyl (C=O) groups is 1. The van der Waals surface area contributed by atoms with E-state index >= 15 is 0 Å². The Kier molecular flexibility index (Phi) is 5.23. The van der Waals surface area contributed by atoms with Gasteiger partial charge in [-0.05, 0) is 42.2 Å². The van der Waals surface area contributed by atoms with Crippen LogP contribution in [0.3, 0.4) is 0 Å². The molecule has 21 heavy (non-hydrogen) atoms. The predicted octanol–water partition coefficient (Wildman–Crippen LogP) is 4.59. The van der Waals surface area contributed by atoms with Crippen molar-refractivity contribution in [2.45, 2.75) is 33.2 Å². The summed E-state index contributed by atoms with van der Waals surface area (Å²) in [6.45, 7) is 5.24. The number of carboxylic acid groups (broad SMARTS) is 1. The van der Waals surface area contributed by atoms with E-state index in [1.807, 2.05) is 18.2 Å². The molecule has 1 N–H and O–H groups in total. The van der Waals surface area contributed by atoms with E-state index in [0.717, 1.165) is 28.0 Å². The third-order valence-electron chi connectivity index (χ3n) is 3.35. The fourth-order valence-corrected chi connectivity index (χ4v) is 2.68. The third-order valence-corrected chi connectivity index (χ3v) is 3.88. The number of aryl methyl sites for hydroxylation is 1. The number of hydrogen-bond acceptors (Lipinski definition) is 1. The van der Waals surface area contributed by atoms with Gasteiger partial charge < -0.3 is 9.67 Å². The van der Waals surface area contributed by atoms with Crippen molar-refractivity contribution >= 4 is 21.9 Å². The Hall–Kier alpha value is -1.55. The van der Waals surface area contributed by atoms with Gasteiger partial charge in [0.15, 0.2) is 0 Å². The summed E-state index contributed by atoms with van der Waals surface area (Å²) < 4.78 is 3.30. The molecule has 0 unspecified atom stereocenters. The summed E-state index contributed by atoms with van der Waals surface area (Å²) in [7, 11) is 0. The predicted molar refractivity (Wildman–Crippen MR) is 88.4 cm³/mol. The van der Waals surface area contributed by atoms with Crippen LogP contribution in [0.5, 0.6) is 0 Å². The van der Waals surface area contributed by atoms with Crippen LogP contribution in [0.4, 0.5) is 0 Å². The van der Waals surface area contributed by atoms with E-state index in [-0.39, 0.29) is 6.42 Å². The van der Waals surface area contributed by atoms with Gasteiger partial charge >= 0.3 is 5.97 Å². The monoisotopic (exact) mass is 349 g/mol. The van der Waals surface area contributed by atoms with Crippen LogP contribution in [0.15, 0.2) is 40.9 Å². The van der Waals surface area contributed by atoms with Gasteiger partial charge in [-0.25, -0.2) is 0 Å². The quantitative estimate of drug-likeness (QED) is 0.828. The molecule has 0 aliphatic heterocycles. The summed E-state index contributed by atoms with van der Waals surface area (Å²) >= 11 is 3.45. The lowest BCUT2D eigenvalue weighted by atomic mass is 10.1. The molecule has 1 heterocycles. The van der Waals surface area contributed by atoms with Gasteiger partial charge in [0.25, 0.3) is 0 Å². The maximum absolute atomic E-state index is 10.8. The summed E-state index contributed by atoms with van der Waals surface area (Å²) in [4.78, 5) is 10.8. The highest BCUT2D eigenvalue weighted by atomic mass is 79.9. The minimum Gasteiger partial charge on any atom is -0.481 e. The van der Waals surface area contributed by atoms with Crippen molar-refractivity contribution in [3.8, 4) is 11.3 Å². The van der Waals surface area contributed by atoms with Crippen molar-refractivity contribution in [1.29, 1.82) is 0 Å².